The Labute approximate surface area is 110 Å². The summed E-state index contributed by atoms with van der Waals surface area (Å²) in [6.07, 6.45) is 0. The molecule has 0 aliphatic heterocycles. The van der Waals surface area contributed by atoms with Crippen molar-refractivity contribution in [2.75, 3.05) is 47.5 Å². The number of rotatable bonds is 9. The van der Waals surface area contributed by atoms with Gasteiger partial charge >= 0.3 is 0 Å². The van der Waals surface area contributed by atoms with E-state index in [-0.39, 0.29) is 0 Å². The molecule has 0 aliphatic carbocycles. The maximum atomic E-state index is 5.63. The number of likely N-dealkylation sites (N-methyl/N-ethyl adjacent to an activating group) is 1. The van der Waals surface area contributed by atoms with Crippen molar-refractivity contribution in [3.8, 4) is 5.75 Å². The van der Waals surface area contributed by atoms with Gasteiger partial charge in [-0.2, -0.15) is 0 Å². The van der Waals surface area contributed by atoms with Gasteiger partial charge in [0.25, 0.3) is 0 Å². The minimum absolute atomic E-state index is 0.721. The van der Waals surface area contributed by atoms with E-state index >= 15 is 0 Å². The van der Waals surface area contributed by atoms with Gasteiger partial charge < -0.3 is 19.7 Å². The first-order valence-corrected chi connectivity index (χ1v) is 6.28. The zero-order valence-corrected chi connectivity index (χ0v) is 11.6. The molecule has 0 amide bonds. The molecule has 0 atom stereocenters. The molecule has 0 aromatic heterocycles. The molecule has 102 valence electrons. The highest BCUT2D eigenvalue weighted by molar-refractivity contribution is 5.27. The molecule has 0 fully saturated rings. The predicted octanol–water partition coefficient (Wildman–Crippen LogP) is 1.36. The summed E-state index contributed by atoms with van der Waals surface area (Å²) in [6.45, 7) is 4.13. The smallest absolute Gasteiger partial charge is 0.119 e. The molecule has 0 saturated heterocycles. The lowest BCUT2D eigenvalue weighted by molar-refractivity contribution is 0.199. The van der Waals surface area contributed by atoms with Gasteiger partial charge in [0.05, 0.1) is 6.61 Å². The number of ether oxygens (including phenoxy) is 2. The second kappa shape index (κ2) is 8.91. The topological polar surface area (TPSA) is 33.7 Å². The van der Waals surface area contributed by atoms with E-state index in [1.54, 1.807) is 7.11 Å². The number of benzene rings is 1. The molecule has 0 heterocycles. The summed E-state index contributed by atoms with van der Waals surface area (Å²) >= 11 is 0. The first-order valence-electron chi connectivity index (χ1n) is 6.28. The van der Waals surface area contributed by atoms with Crippen LogP contribution >= 0.6 is 0 Å². The summed E-state index contributed by atoms with van der Waals surface area (Å²) in [6, 6.07) is 8.21. The van der Waals surface area contributed by atoms with Crippen molar-refractivity contribution in [1.82, 2.24) is 10.2 Å². The highest BCUT2D eigenvalue weighted by Gasteiger charge is 1.96. The Morgan fingerprint density at radius 2 is 1.83 bits per heavy atom. The van der Waals surface area contributed by atoms with Crippen LogP contribution in [0, 0.1) is 0 Å². The molecule has 1 aromatic carbocycles. The summed E-state index contributed by atoms with van der Waals surface area (Å²) in [5, 5.41) is 3.31. The fourth-order valence-electron chi connectivity index (χ4n) is 1.46. The second-order valence-electron chi connectivity index (χ2n) is 4.47. The van der Waals surface area contributed by atoms with Gasteiger partial charge in [-0.15, -0.1) is 0 Å². The molecule has 0 unspecified atom stereocenters. The first kappa shape index (κ1) is 15.0. The molecule has 4 nitrogen and oxygen atoms in total. The Hall–Kier alpha value is -1.10. The summed E-state index contributed by atoms with van der Waals surface area (Å²) in [4.78, 5) is 2.11. The van der Waals surface area contributed by atoms with Gasteiger partial charge in [-0.05, 0) is 31.8 Å². The second-order valence-corrected chi connectivity index (χ2v) is 4.47. The van der Waals surface area contributed by atoms with Crippen molar-refractivity contribution < 1.29 is 9.47 Å². The zero-order chi connectivity index (χ0) is 13.2. The van der Waals surface area contributed by atoms with Crippen molar-refractivity contribution in [3.05, 3.63) is 29.8 Å². The van der Waals surface area contributed by atoms with Crippen molar-refractivity contribution in [1.29, 1.82) is 0 Å². The standard InChI is InChI=1S/C14H24N2O2/c1-16(2)9-11-18-14-6-4-13(5-7-14)12-15-8-10-17-3/h4-7,15H,8-12H2,1-3H3. The minimum Gasteiger partial charge on any atom is -0.492 e. The van der Waals surface area contributed by atoms with E-state index < -0.39 is 0 Å². The van der Waals surface area contributed by atoms with Crippen molar-refractivity contribution in [3.63, 3.8) is 0 Å². The van der Waals surface area contributed by atoms with E-state index in [1.807, 2.05) is 26.2 Å². The lowest BCUT2D eigenvalue weighted by atomic mass is 10.2. The predicted molar refractivity (Wildman–Crippen MR) is 74.1 cm³/mol. The monoisotopic (exact) mass is 252 g/mol. The zero-order valence-electron chi connectivity index (χ0n) is 11.6. The van der Waals surface area contributed by atoms with Crippen LogP contribution in [0.15, 0.2) is 24.3 Å². The molecule has 18 heavy (non-hydrogen) atoms. The molecule has 0 aliphatic rings. The minimum atomic E-state index is 0.721. The van der Waals surface area contributed by atoms with Crippen LogP contribution in [0.3, 0.4) is 0 Å². The van der Waals surface area contributed by atoms with Crippen molar-refractivity contribution in [2.45, 2.75) is 6.54 Å². The van der Waals surface area contributed by atoms with Gasteiger partial charge in [-0.1, -0.05) is 12.1 Å². The average Bonchev–Trinajstić information content (AvgIpc) is 2.36. The fraction of sp³-hybridized carbons (Fsp3) is 0.571. The quantitative estimate of drug-likeness (QED) is 0.673. The Balaban J connectivity index is 2.24. The number of hydrogen-bond donors (Lipinski definition) is 1. The van der Waals surface area contributed by atoms with Crippen LogP contribution in [-0.4, -0.2) is 52.4 Å². The molecule has 1 rings (SSSR count). The van der Waals surface area contributed by atoms with Gasteiger partial charge in [0.1, 0.15) is 12.4 Å². The van der Waals surface area contributed by atoms with Gasteiger partial charge in [-0.3, -0.25) is 0 Å². The summed E-state index contributed by atoms with van der Waals surface area (Å²) in [7, 11) is 5.79. The van der Waals surface area contributed by atoms with Crippen LogP contribution in [0.25, 0.3) is 0 Å². The first-order chi connectivity index (χ1) is 8.72. The Morgan fingerprint density at radius 1 is 1.11 bits per heavy atom. The number of methoxy groups -OCH3 is 1. The van der Waals surface area contributed by atoms with E-state index in [4.69, 9.17) is 9.47 Å². The van der Waals surface area contributed by atoms with Crippen LogP contribution in [-0.2, 0) is 11.3 Å². The van der Waals surface area contributed by atoms with Crippen LogP contribution in [0.4, 0.5) is 0 Å². The van der Waals surface area contributed by atoms with E-state index in [2.05, 4.69) is 22.3 Å². The highest BCUT2D eigenvalue weighted by atomic mass is 16.5. The van der Waals surface area contributed by atoms with E-state index in [9.17, 15) is 0 Å². The molecule has 4 heteroatoms. The highest BCUT2D eigenvalue weighted by Crippen LogP contribution is 2.11. The van der Waals surface area contributed by atoms with Crippen LogP contribution in [0.5, 0.6) is 5.75 Å². The molecule has 0 bridgehead atoms. The lowest BCUT2D eigenvalue weighted by Crippen LogP contribution is -2.19. The van der Waals surface area contributed by atoms with Crippen molar-refractivity contribution >= 4 is 0 Å². The third kappa shape index (κ3) is 6.59. The number of nitrogens with zero attached hydrogens (tertiary/aromatic N) is 1. The van der Waals surface area contributed by atoms with Gasteiger partial charge in [0.15, 0.2) is 0 Å². The number of hydrogen-bond acceptors (Lipinski definition) is 4. The van der Waals surface area contributed by atoms with E-state index in [0.29, 0.717) is 0 Å². The Bertz CT molecular complexity index is 312. The fourth-order valence-corrected chi connectivity index (χ4v) is 1.46. The maximum absolute atomic E-state index is 5.63. The lowest BCUT2D eigenvalue weighted by Gasteiger charge is -2.11. The molecular weight excluding hydrogens is 228 g/mol. The van der Waals surface area contributed by atoms with Gasteiger partial charge in [0, 0.05) is 26.7 Å². The van der Waals surface area contributed by atoms with Crippen LogP contribution in [0.1, 0.15) is 5.56 Å². The molecule has 0 saturated carbocycles. The summed E-state index contributed by atoms with van der Waals surface area (Å²) in [5.41, 5.74) is 1.26. The van der Waals surface area contributed by atoms with Crippen molar-refractivity contribution in [2.24, 2.45) is 0 Å². The molecule has 0 radical (unpaired) electrons. The van der Waals surface area contributed by atoms with E-state index in [1.165, 1.54) is 5.56 Å². The van der Waals surface area contributed by atoms with Crippen LogP contribution in [0.2, 0.25) is 0 Å². The summed E-state index contributed by atoms with van der Waals surface area (Å²) < 4.78 is 10.6. The summed E-state index contributed by atoms with van der Waals surface area (Å²) in [5.74, 6) is 0.928. The largest absolute Gasteiger partial charge is 0.492 e. The Kier molecular flexibility index (Phi) is 7.41. The molecular formula is C14H24N2O2. The number of nitrogens with one attached hydrogen (secondary N) is 1. The molecule has 0 spiro atoms. The van der Waals surface area contributed by atoms with E-state index in [0.717, 1.165) is 38.6 Å². The van der Waals surface area contributed by atoms with Crippen LogP contribution < -0.4 is 10.1 Å². The molecule has 1 aromatic rings. The SMILES string of the molecule is COCCNCc1ccc(OCCN(C)C)cc1. The normalized spacial score (nSPS) is 10.9. The maximum Gasteiger partial charge on any atom is 0.119 e. The average molecular weight is 252 g/mol. The Morgan fingerprint density at radius 3 is 2.44 bits per heavy atom. The third-order valence-electron chi connectivity index (χ3n) is 2.54. The third-order valence-corrected chi connectivity index (χ3v) is 2.54. The van der Waals surface area contributed by atoms with Gasteiger partial charge in [-0.25, -0.2) is 0 Å². The molecule has 1 N–H and O–H groups in total. The van der Waals surface area contributed by atoms with Gasteiger partial charge in [0.2, 0.25) is 0 Å².